The standard InChI is InChI=1S/C16H11ClN4S2/c17-14-9-18-16-20-11-4-2-6-13(8-11)23-22-12-5-1-3-10(7-12)19-15(14)21-16/h1-9H,(H2,18,19,20,21)/p+1. The fourth-order valence-corrected chi connectivity index (χ4v) is 4.32. The smallest absolute Gasteiger partial charge is 0.250 e. The summed E-state index contributed by atoms with van der Waals surface area (Å²) in [6.45, 7) is 0. The van der Waals surface area contributed by atoms with Gasteiger partial charge in [0.25, 0.3) is 0 Å². The van der Waals surface area contributed by atoms with Crippen LogP contribution in [0.3, 0.4) is 0 Å². The Labute approximate surface area is 146 Å². The van der Waals surface area contributed by atoms with Gasteiger partial charge >= 0.3 is 5.96 Å². The van der Waals surface area contributed by atoms with Gasteiger partial charge in [-0.3, -0.25) is 0 Å². The topological polar surface area (TPSA) is 50.4 Å². The molecule has 0 amide bonds. The van der Waals surface area contributed by atoms with E-state index < -0.39 is 0 Å². The number of benzene rings is 2. The number of rotatable bonds is 0. The highest BCUT2D eigenvalue weighted by atomic mass is 35.5. The third kappa shape index (κ3) is 3.39. The van der Waals surface area contributed by atoms with E-state index in [1.807, 2.05) is 30.3 Å². The van der Waals surface area contributed by atoms with Crippen LogP contribution in [0.15, 0.2) is 74.5 Å². The first-order chi connectivity index (χ1) is 11.3. The Morgan fingerprint density at radius 3 is 2.65 bits per heavy atom. The third-order valence-electron chi connectivity index (χ3n) is 3.21. The molecule has 0 radical (unpaired) electrons. The molecule has 0 aromatic heterocycles. The number of nitrogens with one attached hydrogen (secondary N) is 3. The molecule has 23 heavy (non-hydrogen) atoms. The van der Waals surface area contributed by atoms with Crippen LogP contribution in [0.1, 0.15) is 0 Å². The number of hydrogen-bond acceptors (Lipinski definition) is 5. The van der Waals surface area contributed by atoms with Gasteiger partial charge in [0.1, 0.15) is 10.7 Å². The zero-order valence-corrected chi connectivity index (χ0v) is 14.2. The van der Waals surface area contributed by atoms with Gasteiger partial charge in [-0.1, -0.05) is 45.3 Å². The lowest BCUT2D eigenvalue weighted by Crippen LogP contribution is -2.75. The second-order valence-corrected chi connectivity index (χ2v) is 7.60. The molecular weight excluding hydrogens is 348 g/mol. The lowest BCUT2D eigenvalue weighted by atomic mass is 10.3. The first kappa shape index (κ1) is 14.7. The quantitative estimate of drug-likeness (QED) is 0.633. The van der Waals surface area contributed by atoms with Gasteiger partial charge in [-0.15, -0.1) is 0 Å². The molecule has 0 saturated heterocycles. The van der Waals surface area contributed by atoms with E-state index in [1.165, 1.54) is 4.90 Å². The second-order valence-electron chi connectivity index (χ2n) is 4.91. The largest absolute Gasteiger partial charge is 0.359 e. The van der Waals surface area contributed by atoms with Gasteiger partial charge in [-0.25, -0.2) is 20.6 Å². The van der Waals surface area contributed by atoms with Crippen molar-refractivity contribution in [2.24, 2.45) is 4.99 Å². The highest BCUT2D eigenvalue weighted by molar-refractivity contribution is 8.76. The van der Waals surface area contributed by atoms with E-state index >= 15 is 0 Å². The summed E-state index contributed by atoms with van der Waals surface area (Å²) in [6.07, 6.45) is 1.72. The number of halogens is 1. The normalized spacial score (nSPS) is 16.3. The number of guanidine groups is 1. The number of hydrogen-bond donors (Lipinski definition) is 3. The molecule has 114 valence electrons. The molecule has 2 aromatic carbocycles. The zero-order valence-electron chi connectivity index (χ0n) is 11.8. The van der Waals surface area contributed by atoms with E-state index in [-0.39, 0.29) is 0 Å². The molecule has 0 spiro atoms. The van der Waals surface area contributed by atoms with Crippen molar-refractivity contribution >= 4 is 56.4 Å². The molecule has 2 aromatic rings. The number of fused-ring (bicyclic) bond motifs is 6. The van der Waals surface area contributed by atoms with Crippen LogP contribution >= 0.6 is 33.2 Å². The van der Waals surface area contributed by atoms with Crippen LogP contribution in [0.25, 0.3) is 0 Å². The maximum Gasteiger partial charge on any atom is 0.359 e. The summed E-state index contributed by atoms with van der Waals surface area (Å²) in [5.74, 6) is 1.33. The van der Waals surface area contributed by atoms with Gasteiger partial charge < -0.3 is 0 Å². The Balaban J connectivity index is 1.85. The Bertz CT molecular complexity index is 861. The fraction of sp³-hybridized carbons (Fsp3) is 0. The van der Waals surface area contributed by atoms with E-state index in [2.05, 4.69) is 38.8 Å². The highest BCUT2D eigenvalue weighted by Crippen LogP contribution is 2.38. The first-order valence-electron chi connectivity index (χ1n) is 6.93. The molecule has 0 saturated carbocycles. The van der Waals surface area contributed by atoms with E-state index in [9.17, 15) is 0 Å². The van der Waals surface area contributed by atoms with Gasteiger partial charge in [0.15, 0.2) is 0 Å². The summed E-state index contributed by atoms with van der Waals surface area (Å²) in [7, 11) is 3.43. The lowest BCUT2D eigenvalue weighted by molar-refractivity contribution is -0.358. The van der Waals surface area contributed by atoms with Crippen LogP contribution in [0.4, 0.5) is 11.4 Å². The van der Waals surface area contributed by atoms with Crippen molar-refractivity contribution in [2.75, 3.05) is 0 Å². The van der Waals surface area contributed by atoms with Crippen LogP contribution in [0, 0.1) is 0 Å². The minimum absolute atomic E-state index is 0.534. The Morgan fingerprint density at radius 1 is 1.00 bits per heavy atom. The molecule has 2 aliphatic rings. The van der Waals surface area contributed by atoms with Gasteiger partial charge in [0.2, 0.25) is 5.84 Å². The Hall–Kier alpha value is -1.89. The average molecular weight is 360 g/mol. The summed E-state index contributed by atoms with van der Waals surface area (Å²) in [5, 5.41) is 6.82. The van der Waals surface area contributed by atoms with Crippen molar-refractivity contribution < 1.29 is 4.99 Å². The first-order valence-corrected chi connectivity index (χ1v) is 9.46. The lowest BCUT2D eigenvalue weighted by Gasteiger charge is -2.10. The van der Waals surface area contributed by atoms with Gasteiger partial charge in [-0.2, -0.15) is 0 Å². The van der Waals surface area contributed by atoms with Crippen molar-refractivity contribution in [3.8, 4) is 0 Å². The minimum Gasteiger partial charge on any atom is -0.250 e. The molecule has 2 aliphatic heterocycles. The third-order valence-corrected chi connectivity index (χ3v) is 5.88. The van der Waals surface area contributed by atoms with Crippen molar-refractivity contribution in [2.45, 2.75) is 9.79 Å². The molecule has 0 unspecified atom stereocenters. The molecule has 0 aliphatic carbocycles. The summed E-state index contributed by atoms with van der Waals surface area (Å²) in [4.78, 5) is 10.2. The van der Waals surface area contributed by atoms with Gasteiger partial charge in [0, 0.05) is 9.79 Å². The van der Waals surface area contributed by atoms with E-state index in [0.717, 1.165) is 22.2 Å². The monoisotopic (exact) mass is 359 g/mol. The van der Waals surface area contributed by atoms with E-state index in [0.29, 0.717) is 10.9 Å². The van der Waals surface area contributed by atoms with Crippen molar-refractivity contribution in [3.05, 3.63) is 59.8 Å². The van der Waals surface area contributed by atoms with Crippen molar-refractivity contribution in [1.29, 1.82) is 0 Å². The minimum atomic E-state index is 0.534. The van der Waals surface area contributed by atoms with Crippen LogP contribution in [-0.2, 0) is 0 Å². The number of amidine groups is 1. The predicted molar refractivity (Wildman–Crippen MR) is 97.5 cm³/mol. The van der Waals surface area contributed by atoms with Crippen molar-refractivity contribution in [3.63, 3.8) is 0 Å². The van der Waals surface area contributed by atoms with Crippen LogP contribution in [-0.4, -0.2) is 11.8 Å². The van der Waals surface area contributed by atoms with Gasteiger partial charge in [0.05, 0.1) is 11.9 Å². The van der Waals surface area contributed by atoms with E-state index in [4.69, 9.17) is 11.6 Å². The number of aliphatic imine (C=N–C) groups is 1. The molecule has 4 rings (SSSR count). The van der Waals surface area contributed by atoms with Crippen molar-refractivity contribution in [1.82, 2.24) is 10.6 Å². The molecule has 0 fully saturated rings. The second kappa shape index (κ2) is 6.31. The maximum absolute atomic E-state index is 6.24. The summed E-state index contributed by atoms with van der Waals surface area (Å²) < 4.78 is 0. The molecule has 2 heterocycles. The molecule has 3 N–H and O–H groups in total. The molecular formula is C16H12ClN4S2+. The summed E-state index contributed by atoms with van der Waals surface area (Å²) in [5.41, 5.74) is 1.85. The number of nitrogens with zero attached hydrogens (tertiary/aromatic N) is 1. The molecule has 0 atom stereocenters. The molecule has 6 bridgehead atoms. The van der Waals surface area contributed by atoms with Crippen LogP contribution in [0.5, 0.6) is 0 Å². The van der Waals surface area contributed by atoms with Crippen LogP contribution < -0.4 is 15.6 Å². The summed E-state index contributed by atoms with van der Waals surface area (Å²) >= 11 is 6.24. The Kier molecular flexibility index (Phi) is 4.03. The maximum atomic E-state index is 6.24. The zero-order chi connectivity index (χ0) is 15.6. The average Bonchev–Trinajstić information content (AvgIpc) is 2.57. The Morgan fingerprint density at radius 2 is 1.78 bits per heavy atom. The van der Waals surface area contributed by atoms with E-state index in [1.54, 1.807) is 27.8 Å². The molecule has 7 heteroatoms. The molecule has 4 nitrogen and oxygen atoms in total. The van der Waals surface area contributed by atoms with Crippen LogP contribution in [0.2, 0.25) is 0 Å². The summed E-state index contributed by atoms with van der Waals surface area (Å²) in [6, 6.07) is 16.3. The predicted octanol–water partition coefficient (Wildman–Crippen LogP) is 2.87. The highest BCUT2D eigenvalue weighted by Gasteiger charge is 2.20. The fourth-order valence-electron chi connectivity index (χ4n) is 2.17. The van der Waals surface area contributed by atoms with Gasteiger partial charge in [-0.05, 0) is 36.4 Å². The SMILES string of the molecule is ClC1=CNC2=[NH+]c3cccc(c3)SSc3cccc(c3)N=C1N2.